The van der Waals surface area contributed by atoms with Crippen molar-refractivity contribution in [3.8, 4) is 23.0 Å². The van der Waals surface area contributed by atoms with E-state index < -0.39 is 53.9 Å². The Morgan fingerprint density at radius 2 is 0.864 bits per heavy atom. The maximum atomic E-state index is 13.0. The average Bonchev–Trinajstić information content (AvgIpc) is 2.93. The number of rotatable bonds is 12. The minimum atomic E-state index is -1.28. The zero-order chi connectivity index (χ0) is 33.0. The van der Waals surface area contributed by atoms with E-state index in [-0.39, 0.29) is 35.8 Å². The Balaban J connectivity index is 2.27. The van der Waals surface area contributed by atoms with E-state index >= 15 is 0 Å². The molecular formula is C29H32N2O13. The number of carbonyl (C=O) groups excluding carboxylic acids is 7. The summed E-state index contributed by atoms with van der Waals surface area (Å²) in [6.45, 7) is 4.63. The molecular weight excluding hydrogens is 584 g/mol. The van der Waals surface area contributed by atoms with Gasteiger partial charge in [0.1, 0.15) is 12.1 Å². The normalized spacial score (nSPS) is 11.6. The first kappa shape index (κ1) is 34.7. The second-order valence-electron chi connectivity index (χ2n) is 9.11. The van der Waals surface area contributed by atoms with Gasteiger partial charge in [-0.25, -0.2) is 14.4 Å². The third-order valence-corrected chi connectivity index (χ3v) is 5.49. The smallest absolute Gasteiger partial charge is 0.328 e. The minimum absolute atomic E-state index is 0.0320. The molecule has 236 valence electrons. The molecule has 2 aromatic rings. The first-order valence-corrected chi connectivity index (χ1v) is 12.9. The molecule has 44 heavy (non-hydrogen) atoms. The fraction of sp³-hybridized carbons (Fsp3) is 0.345. The number of nitrogens with one attached hydrogen (secondary N) is 2. The third-order valence-electron chi connectivity index (χ3n) is 5.49. The van der Waals surface area contributed by atoms with Crippen LogP contribution < -0.4 is 29.6 Å². The molecule has 2 aromatic carbocycles. The maximum Gasteiger partial charge on any atom is 0.328 e. The number of urea groups is 1. The van der Waals surface area contributed by atoms with Crippen molar-refractivity contribution in [2.24, 2.45) is 0 Å². The molecule has 0 unspecified atom stereocenters. The van der Waals surface area contributed by atoms with Crippen molar-refractivity contribution >= 4 is 41.8 Å². The van der Waals surface area contributed by atoms with Gasteiger partial charge in [0.2, 0.25) is 0 Å². The highest BCUT2D eigenvalue weighted by molar-refractivity contribution is 5.87. The molecule has 2 amide bonds. The van der Waals surface area contributed by atoms with Crippen molar-refractivity contribution in [3.05, 3.63) is 47.5 Å². The third kappa shape index (κ3) is 11.1. The van der Waals surface area contributed by atoms with E-state index in [9.17, 15) is 33.6 Å². The van der Waals surface area contributed by atoms with Crippen LogP contribution >= 0.6 is 0 Å². The van der Waals surface area contributed by atoms with E-state index in [2.05, 4.69) is 10.6 Å². The van der Waals surface area contributed by atoms with E-state index in [1.165, 1.54) is 50.2 Å². The van der Waals surface area contributed by atoms with Gasteiger partial charge in [0.15, 0.2) is 23.0 Å². The van der Waals surface area contributed by atoms with Gasteiger partial charge in [0, 0.05) is 40.5 Å². The Kier molecular flexibility index (Phi) is 12.8. The topological polar surface area (TPSA) is 199 Å². The van der Waals surface area contributed by atoms with Crippen LogP contribution in [0.3, 0.4) is 0 Å². The van der Waals surface area contributed by atoms with Crippen molar-refractivity contribution in [1.29, 1.82) is 0 Å². The summed E-state index contributed by atoms with van der Waals surface area (Å²) < 4.78 is 29.9. The maximum absolute atomic E-state index is 13.0. The van der Waals surface area contributed by atoms with E-state index in [1.807, 2.05) is 0 Å². The fourth-order valence-electron chi connectivity index (χ4n) is 3.81. The summed E-state index contributed by atoms with van der Waals surface area (Å²) in [6, 6.07) is 4.89. The van der Waals surface area contributed by atoms with Gasteiger partial charge < -0.3 is 39.1 Å². The number of ether oxygens (including phenoxy) is 6. The molecule has 0 aliphatic carbocycles. The molecule has 15 heteroatoms. The molecule has 0 aliphatic heterocycles. The van der Waals surface area contributed by atoms with Gasteiger partial charge in [-0.05, 0) is 35.4 Å². The monoisotopic (exact) mass is 616 g/mol. The predicted molar refractivity (Wildman–Crippen MR) is 149 cm³/mol. The van der Waals surface area contributed by atoms with Crippen molar-refractivity contribution in [2.45, 2.75) is 52.6 Å². The second-order valence-corrected chi connectivity index (χ2v) is 9.11. The summed E-state index contributed by atoms with van der Waals surface area (Å²) in [6.07, 6.45) is -0.304. The second kappa shape index (κ2) is 16.2. The molecule has 0 bridgehead atoms. The van der Waals surface area contributed by atoms with Crippen LogP contribution in [0, 0.1) is 0 Å². The van der Waals surface area contributed by atoms with E-state index in [0.29, 0.717) is 11.1 Å². The first-order chi connectivity index (χ1) is 20.7. The molecule has 0 aliphatic rings. The van der Waals surface area contributed by atoms with Crippen LogP contribution in [0.5, 0.6) is 23.0 Å². The van der Waals surface area contributed by atoms with Gasteiger partial charge in [0.05, 0.1) is 14.2 Å². The quantitative estimate of drug-likeness (QED) is 0.257. The lowest BCUT2D eigenvalue weighted by Gasteiger charge is -2.21. The number of esters is 6. The van der Waals surface area contributed by atoms with Crippen LogP contribution in [0.15, 0.2) is 36.4 Å². The Labute approximate surface area is 252 Å². The van der Waals surface area contributed by atoms with Crippen LogP contribution in [0.4, 0.5) is 4.79 Å². The fourth-order valence-corrected chi connectivity index (χ4v) is 3.81. The Hall–Kier alpha value is -5.47. The molecule has 0 radical (unpaired) electrons. The average molecular weight is 617 g/mol. The first-order valence-electron chi connectivity index (χ1n) is 12.9. The number of carbonyl (C=O) groups is 7. The highest BCUT2D eigenvalue weighted by Gasteiger charge is 2.27. The predicted octanol–water partition coefficient (Wildman–Crippen LogP) is 1.56. The number of benzene rings is 2. The van der Waals surface area contributed by atoms with Crippen molar-refractivity contribution < 1.29 is 62.0 Å². The summed E-state index contributed by atoms with van der Waals surface area (Å²) in [7, 11) is 2.22. The zero-order valence-electron chi connectivity index (χ0n) is 24.8. The lowest BCUT2D eigenvalue weighted by Crippen LogP contribution is -2.52. The number of amides is 2. The number of hydrogen-bond donors (Lipinski definition) is 2. The zero-order valence-corrected chi connectivity index (χ0v) is 24.8. The number of hydrogen-bond acceptors (Lipinski definition) is 13. The van der Waals surface area contributed by atoms with Crippen LogP contribution in [-0.4, -0.2) is 68.2 Å². The summed E-state index contributed by atoms with van der Waals surface area (Å²) in [5.74, 6) is -4.58. The summed E-state index contributed by atoms with van der Waals surface area (Å²) in [5.41, 5.74) is 0.784. The minimum Gasteiger partial charge on any atom is -0.467 e. The summed E-state index contributed by atoms with van der Waals surface area (Å²) in [4.78, 5) is 83.9. The molecule has 0 aromatic heterocycles. The molecule has 2 atom stereocenters. The molecule has 0 heterocycles. The van der Waals surface area contributed by atoms with Gasteiger partial charge in [-0.1, -0.05) is 12.1 Å². The molecule has 0 saturated carbocycles. The molecule has 0 fully saturated rings. The van der Waals surface area contributed by atoms with Crippen LogP contribution in [0.2, 0.25) is 0 Å². The lowest BCUT2D eigenvalue weighted by atomic mass is 10.0. The van der Waals surface area contributed by atoms with E-state index in [0.717, 1.165) is 28.1 Å². The van der Waals surface area contributed by atoms with Gasteiger partial charge in [0.25, 0.3) is 0 Å². The van der Waals surface area contributed by atoms with Crippen molar-refractivity contribution in [2.75, 3.05) is 14.2 Å². The van der Waals surface area contributed by atoms with Gasteiger partial charge in [-0.2, -0.15) is 0 Å². The van der Waals surface area contributed by atoms with Gasteiger partial charge in [-0.15, -0.1) is 0 Å². The number of methoxy groups -OCH3 is 2. The van der Waals surface area contributed by atoms with Crippen LogP contribution in [0.25, 0.3) is 0 Å². The van der Waals surface area contributed by atoms with Crippen LogP contribution in [0.1, 0.15) is 38.8 Å². The van der Waals surface area contributed by atoms with E-state index in [1.54, 1.807) is 0 Å². The van der Waals surface area contributed by atoms with E-state index in [4.69, 9.17) is 28.4 Å². The summed E-state index contributed by atoms with van der Waals surface area (Å²) in [5, 5.41) is 4.87. The lowest BCUT2D eigenvalue weighted by molar-refractivity contribution is -0.143. The Morgan fingerprint density at radius 3 is 1.16 bits per heavy atom. The SMILES string of the molecule is COC(=O)[C@H](Cc1ccc(OC(C)=O)c(OC(C)=O)c1)NC(=O)N[C@@H](Cc1ccc(OC(C)=O)c(OC(C)=O)c1)C(=O)OC. The van der Waals surface area contributed by atoms with Crippen molar-refractivity contribution in [1.82, 2.24) is 10.6 Å². The van der Waals surface area contributed by atoms with Gasteiger partial charge >= 0.3 is 41.8 Å². The molecule has 0 saturated heterocycles. The van der Waals surface area contributed by atoms with Crippen LogP contribution in [-0.2, 0) is 51.1 Å². The molecule has 2 rings (SSSR count). The Bertz CT molecular complexity index is 1330. The molecule has 0 spiro atoms. The highest BCUT2D eigenvalue weighted by Crippen LogP contribution is 2.30. The largest absolute Gasteiger partial charge is 0.467 e. The standard InChI is InChI=1S/C29H32N2O13/c1-15(32)41-23-9-7-19(13-25(23)43-17(3)34)11-21(27(36)39-5)30-29(38)31-22(28(37)40-6)12-20-8-10-24(42-16(2)33)26(14-20)44-18(4)35/h7-10,13-14,21-22H,11-12H2,1-6H3,(H2,30,31,38)/t21-,22-/m0/s1. The Morgan fingerprint density at radius 1 is 0.545 bits per heavy atom. The summed E-state index contributed by atoms with van der Waals surface area (Å²) >= 11 is 0. The highest BCUT2D eigenvalue weighted by atomic mass is 16.6. The van der Waals surface area contributed by atoms with Gasteiger partial charge in [-0.3, -0.25) is 19.2 Å². The van der Waals surface area contributed by atoms with Crippen molar-refractivity contribution in [3.63, 3.8) is 0 Å². The molecule has 15 nitrogen and oxygen atoms in total. The molecule has 2 N–H and O–H groups in total.